The number of halogens is 1. The first-order valence-corrected chi connectivity index (χ1v) is 11.1. The highest BCUT2D eigenvalue weighted by Crippen LogP contribution is 2.28. The van der Waals surface area contributed by atoms with Gasteiger partial charge in [0.25, 0.3) is 5.78 Å². The Hall–Kier alpha value is -3.85. The maximum absolute atomic E-state index is 14.2. The number of anilines is 1. The highest BCUT2D eigenvalue weighted by molar-refractivity contribution is 7.17. The maximum Gasteiger partial charge on any atom is 0.377 e. The van der Waals surface area contributed by atoms with Crippen LogP contribution in [0.25, 0.3) is 21.3 Å². The Morgan fingerprint density at radius 1 is 1.15 bits per heavy atom. The van der Waals surface area contributed by atoms with E-state index in [-0.39, 0.29) is 23.7 Å². The summed E-state index contributed by atoms with van der Waals surface area (Å²) in [5.41, 5.74) is 2.10. The molecular formula is C24H20FN3O4S. The van der Waals surface area contributed by atoms with E-state index in [1.165, 1.54) is 23.7 Å². The number of carbonyl (C=O) groups excluding carboxylic acids is 1. The van der Waals surface area contributed by atoms with Crippen molar-refractivity contribution < 1.29 is 23.8 Å². The molecule has 4 aromatic rings. The summed E-state index contributed by atoms with van der Waals surface area (Å²) >= 11 is 1.39. The standard InChI is InChI=1S/C24H20FN3O4S/c1-2-32-20-11-15(3-4-17(20)22(29)24(30)31)19-12-21(28-13-27-19)26-7-5-14-9-16-6-8-33-23(16)18(25)10-14/h3-4,6,8-13H,2,5,7H2,1H3,(H,30,31)(H,26,27,28). The number of aliphatic carboxylic acids is 1. The van der Waals surface area contributed by atoms with Gasteiger partial charge >= 0.3 is 5.97 Å². The number of nitrogens with one attached hydrogen (secondary N) is 1. The SMILES string of the molecule is CCOc1cc(-c2cc(NCCc3cc(F)c4sccc4c3)ncn2)ccc1C(=O)C(=O)O. The molecule has 4 rings (SSSR count). The van der Waals surface area contributed by atoms with Gasteiger partial charge in [-0.15, -0.1) is 11.3 Å². The van der Waals surface area contributed by atoms with Gasteiger partial charge in [0.1, 0.15) is 23.7 Å². The second-order valence-corrected chi connectivity index (χ2v) is 8.08. The minimum absolute atomic E-state index is 0.0182. The van der Waals surface area contributed by atoms with Crippen LogP contribution < -0.4 is 10.1 Å². The van der Waals surface area contributed by atoms with Crippen LogP contribution >= 0.6 is 11.3 Å². The van der Waals surface area contributed by atoms with Crippen molar-refractivity contribution in [3.63, 3.8) is 0 Å². The van der Waals surface area contributed by atoms with Crippen molar-refractivity contribution in [2.24, 2.45) is 0 Å². The molecule has 2 heterocycles. The third kappa shape index (κ3) is 4.98. The Labute approximate surface area is 192 Å². The first kappa shape index (κ1) is 22.3. The number of aromatic nitrogens is 2. The first-order valence-electron chi connectivity index (χ1n) is 10.2. The summed E-state index contributed by atoms with van der Waals surface area (Å²) in [4.78, 5) is 31.5. The van der Waals surface area contributed by atoms with Gasteiger partial charge in [0.05, 0.1) is 22.6 Å². The lowest BCUT2D eigenvalue weighted by molar-refractivity contribution is -0.131. The van der Waals surface area contributed by atoms with Crippen molar-refractivity contribution in [3.8, 4) is 17.0 Å². The van der Waals surface area contributed by atoms with Gasteiger partial charge in [0.15, 0.2) is 0 Å². The zero-order valence-corrected chi connectivity index (χ0v) is 18.5. The predicted molar refractivity (Wildman–Crippen MR) is 125 cm³/mol. The second-order valence-electron chi connectivity index (χ2n) is 7.16. The normalized spacial score (nSPS) is 10.8. The number of hydrogen-bond acceptors (Lipinski definition) is 7. The van der Waals surface area contributed by atoms with Crippen LogP contribution in [0.1, 0.15) is 22.8 Å². The fourth-order valence-electron chi connectivity index (χ4n) is 3.45. The van der Waals surface area contributed by atoms with E-state index in [4.69, 9.17) is 9.84 Å². The highest BCUT2D eigenvalue weighted by atomic mass is 32.1. The Kier molecular flexibility index (Phi) is 6.60. The number of hydrogen-bond donors (Lipinski definition) is 2. The summed E-state index contributed by atoms with van der Waals surface area (Å²) in [6.07, 6.45) is 2.02. The van der Waals surface area contributed by atoms with Crippen LogP contribution in [0.5, 0.6) is 5.75 Å². The van der Waals surface area contributed by atoms with Crippen LogP contribution in [0.4, 0.5) is 10.2 Å². The van der Waals surface area contributed by atoms with E-state index in [0.717, 1.165) is 10.9 Å². The monoisotopic (exact) mass is 465 g/mol. The van der Waals surface area contributed by atoms with Crippen molar-refractivity contribution in [3.05, 3.63) is 71.1 Å². The lowest BCUT2D eigenvalue weighted by Crippen LogP contribution is -2.14. The molecule has 0 aliphatic rings. The molecule has 2 aromatic heterocycles. The number of rotatable bonds is 9. The van der Waals surface area contributed by atoms with E-state index in [9.17, 15) is 14.0 Å². The molecule has 0 radical (unpaired) electrons. The molecule has 7 nitrogen and oxygen atoms in total. The van der Waals surface area contributed by atoms with Crippen molar-refractivity contribution in [2.45, 2.75) is 13.3 Å². The number of thiophene rings is 1. The number of ether oxygens (including phenoxy) is 1. The molecule has 33 heavy (non-hydrogen) atoms. The summed E-state index contributed by atoms with van der Waals surface area (Å²) in [6, 6.07) is 11.8. The third-order valence-corrected chi connectivity index (χ3v) is 5.91. The molecule has 0 unspecified atom stereocenters. The Balaban J connectivity index is 1.49. The van der Waals surface area contributed by atoms with Crippen molar-refractivity contribution in [1.82, 2.24) is 9.97 Å². The summed E-state index contributed by atoms with van der Waals surface area (Å²) in [5.74, 6) is -2.03. The number of carbonyl (C=O) groups is 2. The molecule has 0 atom stereocenters. The average Bonchev–Trinajstić information content (AvgIpc) is 3.28. The van der Waals surface area contributed by atoms with Crippen LogP contribution in [0, 0.1) is 5.82 Å². The van der Waals surface area contributed by atoms with Gasteiger partial charge in [-0.25, -0.2) is 19.2 Å². The lowest BCUT2D eigenvalue weighted by atomic mass is 10.0. The lowest BCUT2D eigenvalue weighted by Gasteiger charge is -2.11. The maximum atomic E-state index is 14.2. The molecule has 0 amide bonds. The molecule has 0 bridgehead atoms. The van der Waals surface area contributed by atoms with Crippen molar-refractivity contribution in [1.29, 1.82) is 0 Å². The molecule has 168 valence electrons. The highest BCUT2D eigenvalue weighted by Gasteiger charge is 2.20. The van der Waals surface area contributed by atoms with Gasteiger partial charge < -0.3 is 15.2 Å². The molecular weight excluding hydrogens is 445 g/mol. The summed E-state index contributed by atoms with van der Waals surface area (Å²) < 4.78 is 20.3. The third-order valence-electron chi connectivity index (χ3n) is 4.97. The van der Waals surface area contributed by atoms with Gasteiger partial charge in [-0.05, 0) is 53.9 Å². The van der Waals surface area contributed by atoms with Gasteiger partial charge in [-0.2, -0.15) is 0 Å². The van der Waals surface area contributed by atoms with E-state index >= 15 is 0 Å². The smallest absolute Gasteiger partial charge is 0.377 e. The van der Waals surface area contributed by atoms with Crippen LogP contribution in [0.15, 0.2) is 54.2 Å². The number of benzene rings is 2. The fourth-order valence-corrected chi connectivity index (χ4v) is 4.23. The van der Waals surface area contributed by atoms with Crippen LogP contribution in [-0.2, 0) is 11.2 Å². The zero-order chi connectivity index (χ0) is 23.4. The van der Waals surface area contributed by atoms with E-state index < -0.39 is 11.8 Å². The second kappa shape index (κ2) is 9.74. The minimum atomic E-state index is -1.55. The summed E-state index contributed by atoms with van der Waals surface area (Å²) in [5, 5.41) is 15.0. The van der Waals surface area contributed by atoms with Crippen LogP contribution in [0.3, 0.4) is 0 Å². The largest absolute Gasteiger partial charge is 0.493 e. The molecule has 0 aliphatic carbocycles. The number of ketones is 1. The molecule has 0 spiro atoms. The summed E-state index contributed by atoms with van der Waals surface area (Å²) in [6.45, 7) is 2.57. The fraction of sp³-hybridized carbons (Fsp3) is 0.167. The summed E-state index contributed by atoms with van der Waals surface area (Å²) in [7, 11) is 0. The number of Topliss-reactive ketones (excluding diaryl/α,β-unsaturated/α-hetero) is 1. The number of nitrogens with zero attached hydrogens (tertiary/aromatic N) is 2. The van der Waals surface area contributed by atoms with Gasteiger partial charge in [-0.3, -0.25) is 4.79 Å². The Morgan fingerprint density at radius 3 is 2.79 bits per heavy atom. The van der Waals surface area contributed by atoms with E-state index in [0.29, 0.717) is 34.7 Å². The topological polar surface area (TPSA) is 101 Å². The van der Waals surface area contributed by atoms with Gasteiger partial charge in [0.2, 0.25) is 0 Å². The van der Waals surface area contributed by atoms with Crippen LogP contribution in [0.2, 0.25) is 0 Å². The first-order chi connectivity index (χ1) is 16.0. The molecule has 2 N–H and O–H groups in total. The molecule has 0 fully saturated rings. The number of carboxylic acids is 1. The van der Waals surface area contributed by atoms with Gasteiger partial charge in [0, 0.05) is 18.2 Å². The molecule has 0 saturated heterocycles. The number of fused-ring (bicyclic) bond motifs is 1. The van der Waals surface area contributed by atoms with E-state index in [1.54, 1.807) is 31.2 Å². The van der Waals surface area contributed by atoms with E-state index in [2.05, 4.69) is 15.3 Å². The Morgan fingerprint density at radius 2 is 2.00 bits per heavy atom. The average molecular weight is 466 g/mol. The van der Waals surface area contributed by atoms with Crippen molar-refractivity contribution in [2.75, 3.05) is 18.5 Å². The molecule has 0 aliphatic heterocycles. The Bertz CT molecular complexity index is 1340. The predicted octanol–water partition coefficient (Wildman–Crippen LogP) is 4.82. The number of carboxylic acid groups (broad SMARTS) is 1. The minimum Gasteiger partial charge on any atom is -0.493 e. The molecule has 2 aromatic carbocycles. The van der Waals surface area contributed by atoms with E-state index in [1.807, 2.05) is 17.5 Å². The quantitative estimate of drug-likeness (QED) is 0.270. The molecule has 9 heteroatoms. The zero-order valence-electron chi connectivity index (χ0n) is 17.7. The molecule has 0 saturated carbocycles. The van der Waals surface area contributed by atoms with Crippen molar-refractivity contribution >= 4 is 39.0 Å². The van der Waals surface area contributed by atoms with Gasteiger partial charge in [-0.1, -0.05) is 12.1 Å². The van der Waals surface area contributed by atoms with Crippen LogP contribution in [-0.4, -0.2) is 40.0 Å².